The molecule has 1 amide bonds. The number of nitrogens with one attached hydrogen (secondary N) is 2. The van der Waals surface area contributed by atoms with Gasteiger partial charge in [0.15, 0.2) is 11.5 Å². The van der Waals surface area contributed by atoms with Crippen LogP contribution in [-0.2, 0) is 17.4 Å². The van der Waals surface area contributed by atoms with Crippen LogP contribution < -0.4 is 20.1 Å². The molecule has 9 heteroatoms. The summed E-state index contributed by atoms with van der Waals surface area (Å²) in [6.07, 6.45) is -3.98. The number of hydrogen-bond acceptors (Lipinski definition) is 4. The first-order valence-corrected chi connectivity index (χ1v) is 10.8. The van der Waals surface area contributed by atoms with Crippen LogP contribution in [0, 0.1) is 0 Å². The van der Waals surface area contributed by atoms with Crippen molar-refractivity contribution in [2.45, 2.75) is 18.6 Å². The van der Waals surface area contributed by atoms with Gasteiger partial charge in [-0.2, -0.15) is 13.2 Å². The molecule has 0 aliphatic heterocycles. The number of halogens is 4. The Bertz CT molecular complexity index is 1120. The van der Waals surface area contributed by atoms with Crippen molar-refractivity contribution in [2.24, 2.45) is 0 Å². The standard InChI is InChI=1S/C25H24ClF3N2O3/c1-33-21-11-8-16(14-22(21)34-2)12-13-30-23(17-6-4-3-5-7-17)24(32)31-20-15-18(25(27,28)29)9-10-19(20)26/h3-11,14-15,23,30H,12-13H2,1-2H3,(H,31,32)/t23-/m1/s1. The normalized spacial score (nSPS) is 12.2. The van der Waals surface area contributed by atoms with Crippen molar-refractivity contribution in [1.82, 2.24) is 5.32 Å². The Morgan fingerprint density at radius 2 is 1.68 bits per heavy atom. The molecule has 0 bridgehead atoms. The minimum atomic E-state index is -4.55. The molecular weight excluding hydrogens is 469 g/mol. The number of benzene rings is 3. The highest BCUT2D eigenvalue weighted by Gasteiger charge is 2.31. The minimum Gasteiger partial charge on any atom is -0.493 e. The Balaban J connectivity index is 1.76. The second-order valence-corrected chi connectivity index (χ2v) is 7.83. The quantitative estimate of drug-likeness (QED) is 0.391. The van der Waals surface area contributed by atoms with Gasteiger partial charge in [0.25, 0.3) is 0 Å². The highest BCUT2D eigenvalue weighted by atomic mass is 35.5. The first kappa shape index (κ1) is 25.4. The Hall–Kier alpha value is -3.23. The monoisotopic (exact) mass is 492 g/mol. The maximum atomic E-state index is 13.1. The summed E-state index contributed by atoms with van der Waals surface area (Å²) in [5.74, 6) is 0.676. The average Bonchev–Trinajstić information content (AvgIpc) is 2.82. The molecule has 0 saturated heterocycles. The number of hydrogen-bond donors (Lipinski definition) is 2. The van der Waals surface area contributed by atoms with Crippen molar-refractivity contribution < 1.29 is 27.4 Å². The Kier molecular flexibility index (Phi) is 8.41. The first-order chi connectivity index (χ1) is 16.2. The summed E-state index contributed by atoms with van der Waals surface area (Å²) in [5, 5.41) is 5.73. The summed E-state index contributed by atoms with van der Waals surface area (Å²) in [6.45, 7) is 0.415. The molecule has 0 saturated carbocycles. The Morgan fingerprint density at radius 1 is 0.971 bits per heavy atom. The zero-order valence-electron chi connectivity index (χ0n) is 18.6. The molecule has 3 rings (SSSR count). The largest absolute Gasteiger partial charge is 0.493 e. The molecule has 1 atom stereocenters. The lowest BCUT2D eigenvalue weighted by Crippen LogP contribution is -2.34. The molecule has 0 heterocycles. The molecule has 180 valence electrons. The topological polar surface area (TPSA) is 59.6 Å². The van der Waals surface area contributed by atoms with Crippen LogP contribution >= 0.6 is 11.6 Å². The van der Waals surface area contributed by atoms with Crippen LogP contribution in [0.5, 0.6) is 11.5 Å². The van der Waals surface area contributed by atoms with E-state index in [1.807, 2.05) is 18.2 Å². The van der Waals surface area contributed by atoms with E-state index in [-0.39, 0.29) is 10.7 Å². The Labute approximate surface area is 200 Å². The summed E-state index contributed by atoms with van der Waals surface area (Å²) < 4.78 is 49.9. The van der Waals surface area contributed by atoms with Crippen LogP contribution in [0.2, 0.25) is 5.02 Å². The second kappa shape index (κ2) is 11.3. The Morgan fingerprint density at radius 3 is 2.32 bits per heavy atom. The van der Waals surface area contributed by atoms with Crippen molar-refractivity contribution in [2.75, 3.05) is 26.1 Å². The third-order valence-corrected chi connectivity index (χ3v) is 5.49. The molecule has 34 heavy (non-hydrogen) atoms. The van der Waals surface area contributed by atoms with Crippen molar-refractivity contribution in [3.8, 4) is 11.5 Å². The number of alkyl halides is 3. The third-order valence-electron chi connectivity index (χ3n) is 5.16. The highest BCUT2D eigenvalue weighted by Crippen LogP contribution is 2.34. The van der Waals surface area contributed by atoms with Gasteiger partial charge in [-0.25, -0.2) is 0 Å². The number of ether oxygens (including phenoxy) is 2. The smallest absolute Gasteiger partial charge is 0.416 e. The van der Waals surface area contributed by atoms with Gasteiger partial charge in [0, 0.05) is 6.54 Å². The van der Waals surface area contributed by atoms with Gasteiger partial charge in [-0.05, 0) is 47.9 Å². The number of methoxy groups -OCH3 is 2. The molecule has 3 aromatic rings. The predicted octanol–water partition coefficient (Wildman–Crippen LogP) is 5.89. The van der Waals surface area contributed by atoms with Crippen LogP contribution in [-0.4, -0.2) is 26.7 Å². The molecule has 0 spiro atoms. The van der Waals surface area contributed by atoms with Gasteiger partial charge in [-0.3, -0.25) is 4.79 Å². The van der Waals surface area contributed by atoms with E-state index in [1.54, 1.807) is 44.6 Å². The maximum absolute atomic E-state index is 13.1. The van der Waals surface area contributed by atoms with Gasteiger partial charge < -0.3 is 20.1 Å². The molecule has 0 aliphatic carbocycles. The van der Waals surface area contributed by atoms with Gasteiger partial charge in [0.2, 0.25) is 5.91 Å². The first-order valence-electron chi connectivity index (χ1n) is 10.4. The lowest BCUT2D eigenvalue weighted by Gasteiger charge is -2.20. The van der Waals surface area contributed by atoms with Gasteiger partial charge >= 0.3 is 6.18 Å². The van der Waals surface area contributed by atoms with E-state index in [9.17, 15) is 18.0 Å². The van der Waals surface area contributed by atoms with Gasteiger partial charge in [-0.1, -0.05) is 48.0 Å². The molecule has 0 unspecified atom stereocenters. The summed E-state index contributed by atoms with van der Waals surface area (Å²) in [5.41, 5.74) is 0.614. The highest BCUT2D eigenvalue weighted by molar-refractivity contribution is 6.33. The number of rotatable bonds is 9. The van der Waals surface area contributed by atoms with E-state index in [2.05, 4.69) is 10.6 Å². The van der Waals surface area contributed by atoms with Gasteiger partial charge in [-0.15, -0.1) is 0 Å². The SMILES string of the molecule is COc1ccc(CCN[C@@H](C(=O)Nc2cc(C(F)(F)F)ccc2Cl)c2ccccc2)cc1OC. The number of amides is 1. The summed E-state index contributed by atoms with van der Waals surface area (Å²) in [7, 11) is 3.10. The van der Waals surface area contributed by atoms with Crippen LogP contribution in [0.1, 0.15) is 22.7 Å². The number of anilines is 1. The van der Waals surface area contributed by atoms with Crippen molar-refractivity contribution in [3.05, 3.63) is 88.4 Å². The molecule has 2 N–H and O–H groups in total. The summed E-state index contributed by atoms with van der Waals surface area (Å²) >= 11 is 6.05. The second-order valence-electron chi connectivity index (χ2n) is 7.42. The van der Waals surface area contributed by atoms with Crippen LogP contribution in [0.3, 0.4) is 0 Å². The lowest BCUT2D eigenvalue weighted by atomic mass is 10.0. The van der Waals surface area contributed by atoms with Gasteiger partial charge in [0.1, 0.15) is 6.04 Å². The van der Waals surface area contributed by atoms with E-state index in [4.69, 9.17) is 21.1 Å². The van der Waals surface area contributed by atoms with Crippen molar-refractivity contribution in [3.63, 3.8) is 0 Å². The molecule has 0 fully saturated rings. The third kappa shape index (κ3) is 6.42. The molecule has 0 aromatic heterocycles. The minimum absolute atomic E-state index is 0.0125. The van der Waals surface area contributed by atoms with Crippen LogP contribution in [0.25, 0.3) is 0 Å². The fraction of sp³-hybridized carbons (Fsp3) is 0.240. The van der Waals surface area contributed by atoms with Crippen LogP contribution in [0.4, 0.5) is 18.9 Å². The molecule has 0 radical (unpaired) electrons. The predicted molar refractivity (Wildman–Crippen MR) is 126 cm³/mol. The number of carbonyl (C=O) groups excluding carboxylic acids is 1. The zero-order valence-corrected chi connectivity index (χ0v) is 19.3. The van der Waals surface area contributed by atoms with Crippen molar-refractivity contribution >= 4 is 23.2 Å². The van der Waals surface area contributed by atoms with E-state index >= 15 is 0 Å². The molecule has 5 nitrogen and oxygen atoms in total. The van der Waals surface area contributed by atoms with Gasteiger partial charge in [0.05, 0.1) is 30.5 Å². The fourth-order valence-electron chi connectivity index (χ4n) is 3.41. The lowest BCUT2D eigenvalue weighted by molar-refractivity contribution is -0.137. The summed E-state index contributed by atoms with van der Waals surface area (Å²) in [4.78, 5) is 13.1. The van der Waals surface area contributed by atoms with E-state index < -0.39 is 23.7 Å². The maximum Gasteiger partial charge on any atom is 0.416 e. The molecule has 0 aliphatic rings. The fourth-order valence-corrected chi connectivity index (χ4v) is 3.57. The molecule has 3 aromatic carbocycles. The molecular formula is C25H24ClF3N2O3. The summed E-state index contributed by atoms with van der Waals surface area (Å²) in [6, 6.07) is 16.4. The van der Waals surface area contributed by atoms with Crippen molar-refractivity contribution in [1.29, 1.82) is 0 Å². The van der Waals surface area contributed by atoms with E-state index in [1.165, 1.54) is 0 Å². The van der Waals surface area contributed by atoms with E-state index in [0.717, 1.165) is 23.8 Å². The van der Waals surface area contributed by atoms with E-state index in [0.29, 0.717) is 30.0 Å². The number of carbonyl (C=O) groups is 1. The average molecular weight is 493 g/mol. The van der Waals surface area contributed by atoms with Crippen LogP contribution in [0.15, 0.2) is 66.7 Å². The zero-order chi connectivity index (χ0) is 24.7.